The fraction of sp³-hybridized carbons (Fsp3) is 0.300. The maximum Gasteiger partial charge on any atom is 0.143 e. The standard InChI is InChI=1S/C10H11FN2O/c1-13(4-5-14)9-3-2-8(7-12)10(11)6-9/h2-3,6,14H,4-5H2,1H3. The van der Waals surface area contributed by atoms with Crippen molar-refractivity contribution in [3.05, 3.63) is 29.6 Å². The van der Waals surface area contributed by atoms with Gasteiger partial charge in [0.05, 0.1) is 12.2 Å². The molecular formula is C10H11FN2O. The molecule has 1 aromatic rings. The van der Waals surface area contributed by atoms with Gasteiger partial charge in [0, 0.05) is 19.3 Å². The summed E-state index contributed by atoms with van der Waals surface area (Å²) in [5, 5.41) is 17.2. The van der Waals surface area contributed by atoms with Crippen LogP contribution in [0.2, 0.25) is 0 Å². The molecule has 0 atom stereocenters. The Hall–Kier alpha value is -1.60. The molecule has 0 aliphatic heterocycles. The number of aliphatic hydroxyl groups is 1. The van der Waals surface area contributed by atoms with Crippen LogP contribution < -0.4 is 4.90 Å². The van der Waals surface area contributed by atoms with E-state index in [9.17, 15) is 4.39 Å². The third-order valence-corrected chi connectivity index (χ3v) is 1.95. The third-order valence-electron chi connectivity index (χ3n) is 1.95. The van der Waals surface area contributed by atoms with Crippen LogP contribution in [0, 0.1) is 17.1 Å². The number of benzene rings is 1. The molecule has 14 heavy (non-hydrogen) atoms. The van der Waals surface area contributed by atoms with Crippen molar-refractivity contribution in [2.45, 2.75) is 0 Å². The van der Waals surface area contributed by atoms with Crippen LogP contribution in [0.25, 0.3) is 0 Å². The van der Waals surface area contributed by atoms with Gasteiger partial charge in [0.1, 0.15) is 11.9 Å². The van der Waals surface area contributed by atoms with Gasteiger partial charge in [-0.25, -0.2) is 4.39 Å². The Morgan fingerprint density at radius 2 is 2.29 bits per heavy atom. The summed E-state index contributed by atoms with van der Waals surface area (Å²) in [6, 6.07) is 6.12. The van der Waals surface area contributed by atoms with Crippen LogP contribution in [-0.2, 0) is 0 Å². The molecule has 0 aliphatic rings. The summed E-state index contributed by atoms with van der Waals surface area (Å²) in [5.41, 5.74) is 0.682. The molecule has 0 saturated heterocycles. The van der Waals surface area contributed by atoms with Crippen molar-refractivity contribution >= 4 is 5.69 Å². The lowest BCUT2D eigenvalue weighted by Crippen LogP contribution is -2.21. The Kier molecular flexibility index (Phi) is 3.43. The molecule has 74 valence electrons. The molecule has 0 heterocycles. The Bertz CT molecular complexity index is 360. The SMILES string of the molecule is CN(CCO)c1ccc(C#N)c(F)c1. The Morgan fingerprint density at radius 3 is 2.79 bits per heavy atom. The molecule has 0 saturated carbocycles. The quantitative estimate of drug-likeness (QED) is 0.784. The summed E-state index contributed by atoms with van der Waals surface area (Å²) in [5.74, 6) is -0.533. The smallest absolute Gasteiger partial charge is 0.143 e. The second-order valence-corrected chi connectivity index (χ2v) is 2.92. The molecule has 3 nitrogen and oxygen atoms in total. The summed E-state index contributed by atoms with van der Waals surface area (Å²) < 4.78 is 13.1. The van der Waals surface area contributed by atoms with E-state index in [1.165, 1.54) is 12.1 Å². The maximum atomic E-state index is 13.1. The molecule has 4 heteroatoms. The highest BCUT2D eigenvalue weighted by Gasteiger charge is 2.05. The van der Waals surface area contributed by atoms with Crippen LogP contribution in [0.3, 0.4) is 0 Å². The van der Waals surface area contributed by atoms with Gasteiger partial charge < -0.3 is 10.0 Å². The molecular weight excluding hydrogens is 183 g/mol. The van der Waals surface area contributed by atoms with Crippen molar-refractivity contribution in [3.8, 4) is 6.07 Å². The monoisotopic (exact) mass is 194 g/mol. The van der Waals surface area contributed by atoms with E-state index in [2.05, 4.69) is 0 Å². The number of rotatable bonds is 3. The first-order chi connectivity index (χ1) is 6.69. The zero-order chi connectivity index (χ0) is 10.6. The molecule has 0 aromatic heterocycles. The number of hydrogen-bond donors (Lipinski definition) is 1. The van der Waals surface area contributed by atoms with Crippen LogP contribution in [0.1, 0.15) is 5.56 Å². The molecule has 1 N–H and O–H groups in total. The molecule has 0 radical (unpaired) electrons. The average molecular weight is 194 g/mol. The minimum absolute atomic E-state index is 0.0120. The Morgan fingerprint density at radius 1 is 1.57 bits per heavy atom. The van der Waals surface area contributed by atoms with E-state index < -0.39 is 5.82 Å². The van der Waals surface area contributed by atoms with E-state index in [1.807, 2.05) is 0 Å². The molecule has 1 aromatic carbocycles. The highest BCUT2D eigenvalue weighted by molar-refractivity contribution is 5.49. The number of nitriles is 1. The second kappa shape index (κ2) is 4.58. The van der Waals surface area contributed by atoms with Crippen LogP contribution in [0.4, 0.5) is 10.1 Å². The minimum Gasteiger partial charge on any atom is -0.395 e. The topological polar surface area (TPSA) is 47.3 Å². The lowest BCUT2D eigenvalue weighted by molar-refractivity contribution is 0.304. The van der Waals surface area contributed by atoms with Crippen molar-refractivity contribution in [1.29, 1.82) is 5.26 Å². The van der Waals surface area contributed by atoms with E-state index >= 15 is 0 Å². The molecule has 0 bridgehead atoms. The normalized spacial score (nSPS) is 9.57. The summed E-state index contributed by atoms with van der Waals surface area (Å²) >= 11 is 0. The van der Waals surface area contributed by atoms with Gasteiger partial charge >= 0.3 is 0 Å². The van der Waals surface area contributed by atoms with Gasteiger partial charge in [-0.2, -0.15) is 5.26 Å². The Balaban J connectivity index is 2.92. The zero-order valence-electron chi connectivity index (χ0n) is 7.87. The van der Waals surface area contributed by atoms with Crippen molar-refractivity contribution in [2.24, 2.45) is 0 Å². The van der Waals surface area contributed by atoms with E-state index in [-0.39, 0.29) is 12.2 Å². The van der Waals surface area contributed by atoms with Gasteiger partial charge in [0.25, 0.3) is 0 Å². The largest absolute Gasteiger partial charge is 0.395 e. The van der Waals surface area contributed by atoms with Crippen LogP contribution in [0.5, 0.6) is 0 Å². The van der Waals surface area contributed by atoms with Crippen molar-refractivity contribution in [3.63, 3.8) is 0 Å². The molecule has 0 aliphatic carbocycles. The van der Waals surface area contributed by atoms with Crippen LogP contribution >= 0.6 is 0 Å². The fourth-order valence-corrected chi connectivity index (χ4v) is 1.11. The first-order valence-electron chi connectivity index (χ1n) is 4.20. The van der Waals surface area contributed by atoms with Crippen LogP contribution in [-0.4, -0.2) is 25.3 Å². The number of hydrogen-bond acceptors (Lipinski definition) is 3. The first-order valence-corrected chi connectivity index (χ1v) is 4.20. The summed E-state index contributed by atoms with van der Waals surface area (Å²) in [4.78, 5) is 1.71. The first kappa shape index (κ1) is 10.5. The van der Waals surface area contributed by atoms with E-state index in [0.717, 1.165) is 0 Å². The van der Waals surface area contributed by atoms with Gasteiger partial charge in [0.15, 0.2) is 0 Å². The predicted octanol–water partition coefficient (Wildman–Crippen LogP) is 1.13. The van der Waals surface area contributed by atoms with Gasteiger partial charge in [-0.15, -0.1) is 0 Å². The number of halogens is 1. The van der Waals surface area contributed by atoms with E-state index in [4.69, 9.17) is 10.4 Å². The maximum absolute atomic E-state index is 13.1. The van der Waals surface area contributed by atoms with Gasteiger partial charge in [-0.05, 0) is 18.2 Å². The molecule has 0 unspecified atom stereocenters. The lowest BCUT2D eigenvalue weighted by Gasteiger charge is -2.17. The van der Waals surface area contributed by atoms with Gasteiger partial charge in [-0.3, -0.25) is 0 Å². The van der Waals surface area contributed by atoms with Gasteiger partial charge in [0.2, 0.25) is 0 Å². The third kappa shape index (κ3) is 2.21. The number of aliphatic hydroxyl groups excluding tert-OH is 1. The van der Waals surface area contributed by atoms with Crippen molar-refractivity contribution in [1.82, 2.24) is 0 Å². The fourth-order valence-electron chi connectivity index (χ4n) is 1.11. The van der Waals surface area contributed by atoms with E-state index in [1.54, 1.807) is 24.1 Å². The highest BCUT2D eigenvalue weighted by Crippen LogP contribution is 2.16. The molecule has 0 spiro atoms. The highest BCUT2D eigenvalue weighted by atomic mass is 19.1. The van der Waals surface area contributed by atoms with Crippen molar-refractivity contribution in [2.75, 3.05) is 25.1 Å². The Labute approximate surface area is 82.0 Å². The number of anilines is 1. The summed E-state index contributed by atoms with van der Waals surface area (Å²) in [6.07, 6.45) is 0. The predicted molar refractivity (Wildman–Crippen MR) is 51.5 cm³/mol. The minimum atomic E-state index is -0.533. The number of likely N-dealkylation sites (N-methyl/N-ethyl adjacent to an activating group) is 1. The molecule has 0 fully saturated rings. The summed E-state index contributed by atoms with van der Waals surface area (Å²) in [6.45, 7) is 0.448. The average Bonchev–Trinajstić information content (AvgIpc) is 2.18. The molecule has 1 rings (SSSR count). The summed E-state index contributed by atoms with van der Waals surface area (Å²) in [7, 11) is 1.75. The van der Waals surface area contributed by atoms with Crippen molar-refractivity contribution < 1.29 is 9.50 Å². The van der Waals surface area contributed by atoms with Crippen LogP contribution in [0.15, 0.2) is 18.2 Å². The van der Waals surface area contributed by atoms with Gasteiger partial charge in [-0.1, -0.05) is 0 Å². The van der Waals surface area contributed by atoms with E-state index in [0.29, 0.717) is 12.2 Å². The number of nitrogens with zero attached hydrogens (tertiary/aromatic N) is 2. The zero-order valence-corrected chi connectivity index (χ0v) is 7.87. The molecule has 0 amide bonds. The lowest BCUT2D eigenvalue weighted by atomic mass is 10.2. The second-order valence-electron chi connectivity index (χ2n) is 2.92.